The maximum atomic E-state index is 3.92. The van der Waals surface area contributed by atoms with Gasteiger partial charge >= 0.3 is 0 Å². The fourth-order valence-electron chi connectivity index (χ4n) is 8.67. The summed E-state index contributed by atoms with van der Waals surface area (Å²) in [5, 5.41) is 3.61. The molecule has 2 heteroatoms. The van der Waals surface area contributed by atoms with Gasteiger partial charge in [0.25, 0.3) is 0 Å². The van der Waals surface area contributed by atoms with E-state index < -0.39 is 0 Å². The van der Waals surface area contributed by atoms with E-state index in [1.165, 1.54) is 55.8 Å². The zero-order chi connectivity index (χ0) is 41.9. The summed E-state index contributed by atoms with van der Waals surface area (Å²) in [6.07, 6.45) is 24.0. The Hall–Kier alpha value is -7.68. The highest BCUT2D eigenvalue weighted by molar-refractivity contribution is 5.90. The van der Waals surface area contributed by atoms with Crippen LogP contribution < -0.4 is 10.2 Å². The first-order valence-corrected chi connectivity index (χ1v) is 21.6. The molecule has 10 rings (SSSR count). The van der Waals surface area contributed by atoms with E-state index in [9.17, 15) is 0 Å². The van der Waals surface area contributed by atoms with Gasteiger partial charge in [0.1, 0.15) is 0 Å². The molecular weight excluding hydrogens is 749 g/mol. The van der Waals surface area contributed by atoms with E-state index in [1.54, 1.807) is 0 Å². The topological polar surface area (TPSA) is 15.3 Å². The molecule has 0 saturated heterocycles. The molecule has 0 saturated carbocycles. The van der Waals surface area contributed by atoms with Crippen LogP contribution in [0.1, 0.15) is 41.0 Å². The molecule has 300 valence electrons. The van der Waals surface area contributed by atoms with Crippen LogP contribution in [0.3, 0.4) is 0 Å². The third-order valence-corrected chi connectivity index (χ3v) is 11.8. The maximum Gasteiger partial charge on any atom is 0.0624 e. The Labute approximate surface area is 367 Å². The Kier molecular flexibility index (Phi) is 12.3. The van der Waals surface area contributed by atoms with E-state index in [2.05, 4.69) is 241 Å². The molecule has 62 heavy (non-hydrogen) atoms. The summed E-state index contributed by atoms with van der Waals surface area (Å²) < 4.78 is 0. The van der Waals surface area contributed by atoms with Crippen molar-refractivity contribution in [1.29, 1.82) is 0 Å². The third-order valence-electron chi connectivity index (χ3n) is 11.8. The fraction of sp³-hybridized carbons (Fsp3) is 0.0667. The zero-order valence-electron chi connectivity index (χ0n) is 34.9. The molecule has 2 atom stereocenters. The van der Waals surface area contributed by atoms with Crippen LogP contribution in [0.5, 0.6) is 0 Å². The normalized spacial score (nSPS) is 16.4. The summed E-state index contributed by atoms with van der Waals surface area (Å²) in [7, 11) is 0. The van der Waals surface area contributed by atoms with Gasteiger partial charge in [0.05, 0.1) is 6.04 Å². The van der Waals surface area contributed by atoms with Crippen LogP contribution >= 0.6 is 0 Å². The number of hydrogen-bond acceptors (Lipinski definition) is 2. The van der Waals surface area contributed by atoms with E-state index in [4.69, 9.17) is 0 Å². The van der Waals surface area contributed by atoms with Gasteiger partial charge < -0.3 is 10.2 Å². The largest absolute Gasteiger partial charge is 0.356 e. The first kappa shape index (κ1) is 39.8. The molecule has 0 spiro atoms. The van der Waals surface area contributed by atoms with Crippen LogP contribution in [-0.2, 0) is 0 Å². The van der Waals surface area contributed by atoms with Crippen molar-refractivity contribution in [2.24, 2.45) is 0 Å². The Balaban J connectivity index is 0.000000351. The van der Waals surface area contributed by atoms with Crippen LogP contribution in [0.2, 0.25) is 0 Å². The summed E-state index contributed by atoms with van der Waals surface area (Å²) in [5.74, 6) is 0.360. The SMILES string of the molecule is C=C/C=C\C(=C/N1c2ccccc2C2C=CC=CC21)c1ccc(Nc2ccc(C3=CCCC(c4ccccc4-c4ccccc4)=C3)cc2)cc1.c1ccc(-c2ccccc2)cc1. The maximum absolute atomic E-state index is 3.92. The van der Waals surface area contributed by atoms with Crippen LogP contribution in [0.15, 0.2) is 256 Å². The molecule has 0 radical (unpaired) electrons. The van der Waals surface area contributed by atoms with Crippen molar-refractivity contribution >= 4 is 33.8 Å². The van der Waals surface area contributed by atoms with Gasteiger partial charge in [-0.2, -0.15) is 0 Å². The van der Waals surface area contributed by atoms with Crippen molar-refractivity contribution in [1.82, 2.24) is 0 Å². The Morgan fingerprint density at radius 1 is 0.565 bits per heavy atom. The van der Waals surface area contributed by atoms with Crippen molar-refractivity contribution in [3.05, 3.63) is 278 Å². The van der Waals surface area contributed by atoms with Crippen molar-refractivity contribution in [2.45, 2.75) is 24.8 Å². The van der Waals surface area contributed by atoms with Gasteiger partial charge in [-0.3, -0.25) is 0 Å². The smallest absolute Gasteiger partial charge is 0.0624 e. The second kappa shape index (κ2) is 19.1. The number of nitrogens with zero attached hydrogens (tertiary/aromatic N) is 1. The first-order chi connectivity index (χ1) is 30.7. The predicted octanol–water partition coefficient (Wildman–Crippen LogP) is 15.9. The molecule has 0 aromatic heterocycles. The van der Waals surface area contributed by atoms with Crippen LogP contribution in [-0.4, -0.2) is 6.04 Å². The molecule has 1 aliphatic heterocycles. The quantitative estimate of drug-likeness (QED) is 0.139. The molecular formula is C60H50N2. The van der Waals surface area contributed by atoms with Gasteiger partial charge in [0.15, 0.2) is 0 Å². The molecule has 2 nitrogen and oxygen atoms in total. The van der Waals surface area contributed by atoms with Gasteiger partial charge in [-0.1, -0.05) is 219 Å². The molecule has 1 N–H and O–H groups in total. The predicted molar refractivity (Wildman–Crippen MR) is 266 cm³/mol. The number of benzene rings is 7. The highest BCUT2D eigenvalue weighted by Crippen LogP contribution is 2.44. The van der Waals surface area contributed by atoms with E-state index in [-0.39, 0.29) is 6.04 Å². The molecule has 0 fully saturated rings. The summed E-state index contributed by atoms with van der Waals surface area (Å²) in [6, 6.07) is 66.8. The number of anilines is 3. The Morgan fingerprint density at radius 3 is 1.82 bits per heavy atom. The number of nitrogens with one attached hydrogen (secondary N) is 1. The lowest BCUT2D eigenvalue weighted by atomic mass is 9.87. The minimum absolute atomic E-state index is 0.269. The van der Waals surface area contributed by atoms with Gasteiger partial charge in [0, 0.05) is 29.2 Å². The molecule has 0 bridgehead atoms. The van der Waals surface area contributed by atoms with Crippen LogP contribution in [0, 0.1) is 0 Å². The second-order valence-electron chi connectivity index (χ2n) is 15.7. The zero-order valence-corrected chi connectivity index (χ0v) is 34.9. The summed E-state index contributed by atoms with van der Waals surface area (Å²) in [5.41, 5.74) is 17.4. The van der Waals surface area contributed by atoms with E-state index in [0.717, 1.165) is 35.4 Å². The third kappa shape index (κ3) is 9.06. The Morgan fingerprint density at radius 2 is 1.15 bits per heavy atom. The molecule has 7 aromatic rings. The van der Waals surface area contributed by atoms with Gasteiger partial charge in [-0.15, -0.1) is 0 Å². The summed E-state index contributed by atoms with van der Waals surface area (Å²) in [4.78, 5) is 2.42. The van der Waals surface area contributed by atoms with Crippen molar-refractivity contribution < 1.29 is 0 Å². The molecule has 0 amide bonds. The number of hydrogen-bond donors (Lipinski definition) is 1. The minimum Gasteiger partial charge on any atom is -0.356 e. The first-order valence-electron chi connectivity index (χ1n) is 21.6. The van der Waals surface area contributed by atoms with E-state index in [0.29, 0.717) is 5.92 Å². The lowest BCUT2D eigenvalue weighted by Gasteiger charge is -2.26. The lowest BCUT2D eigenvalue weighted by molar-refractivity contribution is 0.741. The second-order valence-corrected chi connectivity index (χ2v) is 15.7. The van der Waals surface area contributed by atoms with Crippen molar-refractivity contribution in [3.63, 3.8) is 0 Å². The monoisotopic (exact) mass is 798 g/mol. The van der Waals surface area contributed by atoms with Crippen molar-refractivity contribution in [2.75, 3.05) is 10.2 Å². The molecule has 3 aliphatic rings. The van der Waals surface area contributed by atoms with Gasteiger partial charge in [-0.05, 0) is 104 Å². The molecule has 1 heterocycles. The highest BCUT2D eigenvalue weighted by Gasteiger charge is 2.35. The number of fused-ring (bicyclic) bond motifs is 3. The minimum atomic E-state index is 0.269. The Bertz CT molecular complexity index is 2770. The fourth-order valence-corrected chi connectivity index (χ4v) is 8.67. The van der Waals surface area contributed by atoms with Crippen LogP contribution in [0.25, 0.3) is 39.0 Å². The molecule has 2 aliphatic carbocycles. The van der Waals surface area contributed by atoms with E-state index in [1.807, 2.05) is 24.3 Å². The summed E-state index contributed by atoms with van der Waals surface area (Å²) >= 11 is 0. The molecule has 7 aromatic carbocycles. The van der Waals surface area contributed by atoms with Gasteiger partial charge in [0.2, 0.25) is 0 Å². The van der Waals surface area contributed by atoms with Gasteiger partial charge in [-0.25, -0.2) is 0 Å². The average Bonchev–Trinajstić information content (AvgIpc) is 3.67. The standard InChI is InChI=1S/C48H40N2.C12H10/c1-2-3-14-40(34-50-47-23-11-9-21-45(47)46-22-10-12-24-48(46)50)36-27-31-42(32-28-36)49-41-29-25-35(26-30-41)38-17-13-18-39(33-38)44-20-8-7-19-43(44)37-15-5-4-6-16-37;1-3-7-11(8-4-1)12-9-5-2-6-10-12/h2-12,14-17,19-34,45,47,49H,1,13,18H2;1-10H/b14-3-,40-34+;. The van der Waals surface area contributed by atoms with Crippen molar-refractivity contribution in [3.8, 4) is 22.3 Å². The number of para-hydroxylation sites is 1. The van der Waals surface area contributed by atoms with E-state index >= 15 is 0 Å². The van der Waals surface area contributed by atoms with Crippen LogP contribution in [0.4, 0.5) is 17.1 Å². The number of rotatable bonds is 10. The average molecular weight is 799 g/mol. The molecule has 2 unspecified atom stereocenters. The summed E-state index contributed by atoms with van der Waals surface area (Å²) in [6.45, 7) is 3.92. The highest BCUT2D eigenvalue weighted by atomic mass is 15.2. The number of allylic oxidation sites excluding steroid dienone is 10. The lowest BCUT2D eigenvalue weighted by Crippen LogP contribution is -2.28.